The fourth-order valence-corrected chi connectivity index (χ4v) is 2.24. The lowest BCUT2D eigenvalue weighted by Gasteiger charge is -2.24. The molecule has 18 heavy (non-hydrogen) atoms. The van der Waals surface area contributed by atoms with Gasteiger partial charge in [-0.15, -0.1) is 0 Å². The third-order valence-electron chi connectivity index (χ3n) is 3.54. The van der Waals surface area contributed by atoms with E-state index < -0.39 is 5.97 Å². The summed E-state index contributed by atoms with van der Waals surface area (Å²) in [6.07, 6.45) is 7.94. The van der Waals surface area contributed by atoms with E-state index in [1.54, 1.807) is 6.33 Å². The molecule has 2 heterocycles. The van der Waals surface area contributed by atoms with Gasteiger partial charge in [0.1, 0.15) is 12.0 Å². The largest absolute Gasteiger partial charge is 0.481 e. The molecule has 1 saturated carbocycles. The monoisotopic (exact) mass is 245 g/mol. The minimum Gasteiger partial charge on any atom is -0.481 e. The maximum atomic E-state index is 10.5. The molecule has 1 fully saturated rings. The quantitative estimate of drug-likeness (QED) is 0.894. The number of nitrogens with zero attached hydrogens (tertiary/aromatic N) is 3. The number of hydrogen-bond acceptors (Lipinski definition) is 3. The molecule has 1 aliphatic rings. The van der Waals surface area contributed by atoms with Crippen molar-refractivity contribution in [3.05, 3.63) is 30.0 Å². The maximum absolute atomic E-state index is 10.5. The molecule has 2 aromatic heterocycles. The first kappa shape index (κ1) is 11.2. The summed E-state index contributed by atoms with van der Waals surface area (Å²) in [7, 11) is 0. The van der Waals surface area contributed by atoms with Crippen molar-refractivity contribution in [1.82, 2.24) is 14.4 Å². The van der Waals surface area contributed by atoms with Crippen LogP contribution in [0.5, 0.6) is 0 Å². The zero-order valence-corrected chi connectivity index (χ0v) is 10.0. The lowest BCUT2D eigenvalue weighted by atomic mass is 9.83. The molecule has 0 bridgehead atoms. The summed E-state index contributed by atoms with van der Waals surface area (Å²) in [5.74, 6) is -0.200. The van der Waals surface area contributed by atoms with Crippen LogP contribution < -0.4 is 0 Å². The van der Waals surface area contributed by atoms with E-state index in [1.807, 2.05) is 16.7 Å². The molecule has 0 spiro atoms. The van der Waals surface area contributed by atoms with Gasteiger partial charge in [-0.05, 0) is 12.8 Å². The number of imidazole rings is 1. The number of fused-ring (bicyclic) bond motifs is 1. The van der Waals surface area contributed by atoms with Gasteiger partial charge in [-0.25, -0.2) is 9.97 Å². The van der Waals surface area contributed by atoms with Crippen molar-refractivity contribution in [3.63, 3.8) is 0 Å². The Morgan fingerprint density at radius 2 is 2.33 bits per heavy atom. The summed E-state index contributed by atoms with van der Waals surface area (Å²) in [5.41, 5.74) is 2.79. The Hall–Kier alpha value is -1.91. The predicted octanol–water partition coefficient (Wildman–Crippen LogP) is 2.01. The van der Waals surface area contributed by atoms with Gasteiger partial charge in [0.05, 0.1) is 12.1 Å². The minimum atomic E-state index is -0.791. The summed E-state index contributed by atoms with van der Waals surface area (Å²) in [6, 6.07) is 2.02. The number of aliphatic carboxylic acids is 1. The Balaban J connectivity index is 1.84. The van der Waals surface area contributed by atoms with Gasteiger partial charge in [0.25, 0.3) is 0 Å². The minimum absolute atomic E-state index is 0.118. The molecule has 3 rings (SSSR count). The molecular formula is C13H15N3O2. The lowest BCUT2D eigenvalue weighted by molar-refractivity contribution is -0.136. The SMILES string of the molecule is O=C(O)CCc1cn2cnc(C3CCC3)cc2n1. The van der Waals surface area contributed by atoms with Crippen LogP contribution in [-0.2, 0) is 11.2 Å². The van der Waals surface area contributed by atoms with E-state index >= 15 is 0 Å². The van der Waals surface area contributed by atoms with Crippen LogP contribution in [0.2, 0.25) is 0 Å². The van der Waals surface area contributed by atoms with Gasteiger partial charge in [0.2, 0.25) is 0 Å². The second kappa shape index (κ2) is 4.40. The van der Waals surface area contributed by atoms with Crippen molar-refractivity contribution in [2.24, 2.45) is 0 Å². The van der Waals surface area contributed by atoms with Crippen molar-refractivity contribution < 1.29 is 9.90 Å². The van der Waals surface area contributed by atoms with Crippen LogP contribution in [-0.4, -0.2) is 25.4 Å². The number of carboxylic acid groups (broad SMARTS) is 1. The van der Waals surface area contributed by atoms with E-state index in [0.29, 0.717) is 12.3 Å². The molecule has 0 atom stereocenters. The first-order valence-corrected chi connectivity index (χ1v) is 6.28. The van der Waals surface area contributed by atoms with Crippen molar-refractivity contribution in [3.8, 4) is 0 Å². The first-order valence-electron chi connectivity index (χ1n) is 6.28. The van der Waals surface area contributed by atoms with Gasteiger partial charge in [-0.1, -0.05) is 6.42 Å². The van der Waals surface area contributed by atoms with E-state index in [0.717, 1.165) is 17.0 Å². The number of aryl methyl sites for hydroxylation is 1. The molecule has 2 aromatic rings. The average molecular weight is 245 g/mol. The summed E-state index contributed by atoms with van der Waals surface area (Å²) in [5, 5.41) is 8.66. The Kier molecular flexibility index (Phi) is 2.74. The van der Waals surface area contributed by atoms with E-state index in [9.17, 15) is 4.79 Å². The number of rotatable bonds is 4. The molecule has 0 aromatic carbocycles. The fourth-order valence-electron chi connectivity index (χ4n) is 2.24. The van der Waals surface area contributed by atoms with Crippen molar-refractivity contribution in [2.45, 2.75) is 38.0 Å². The van der Waals surface area contributed by atoms with Crippen molar-refractivity contribution in [2.75, 3.05) is 0 Å². The molecule has 0 aliphatic heterocycles. The Morgan fingerprint density at radius 1 is 1.50 bits per heavy atom. The average Bonchev–Trinajstić information content (AvgIpc) is 2.66. The number of aromatic nitrogens is 3. The number of carboxylic acids is 1. The standard InChI is InChI=1S/C13H15N3O2/c17-13(18)5-4-10-7-16-8-14-11(6-12(16)15-10)9-2-1-3-9/h6-9H,1-5H2,(H,17,18). The zero-order chi connectivity index (χ0) is 12.5. The van der Waals surface area contributed by atoms with Crippen LogP contribution in [0, 0.1) is 0 Å². The van der Waals surface area contributed by atoms with Gasteiger partial charge < -0.3 is 5.11 Å². The third-order valence-corrected chi connectivity index (χ3v) is 3.54. The lowest BCUT2D eigenvalue weighted by Crippen LogP contribution is -2.10. The Bertz CT molecular complexity index is 587. The normalized spacial score (nSPS) is 15.8. The summed E-state index contributed by atoms with van der Waals surface area (Å²) in [4.78, 5) is 19.4. The highest BCUT2D eigenvalue weighted by atomic mass is 16.4. The smallest absolute Gasteiger partial charge is 0.303 e. The van der Waals surface area contributed by atoms with Gasteiger partial charge in [-0.2, -0.15) is 0 Å². The fraction of sp³-hybridized carbons (Fsp3) is 0.462. The number of carbonyl (C=O) groups is 1. The van der Waals surface area contributed by atoms with Gasteiger partial charge in [0, 0.05) is 30.3 Å². The Morgan fingerprint density at radius 3 is 3.00 bits per heavy atom. The van der Waals surface area contributed by atoms with Crippen LogP contribution >= 0.6 is 0 Å². The van der Waals surface area contributed by atoms with E-state index in [2.05, 4.69) is 9.97 Å². The second-order valence-corrected chi connectivity index (χ2v) is 4.83. The molecule has 5 nitrogen and oxygen atoms in total. The van der Waals surface area contributed by atoms with Gasteiger partial charge >= 0.3 is 5.97 Å². The van der Waals surface area contributed by atoms with E-state index in [-0.39, 0.29) is 6.42 Å². The van der Waals surface area contributed by atoms with Crippen LogP contribution in [0.4, 0.5) is 0 Å². The van der Waals surface area contributed by atoms with Crippen molar-refractivity contribution in [1.29, 1.82) is 0 Å². The summed E-state index contributed by atoms with van der Waals surface area (Å²) in [6.45, 7) is 0. The zero-order valence-electron chi connectivity index (χ0n) is 10.0. The molecular weight excluding hydrogens is 230 g/mol. The maximum Gasteiger partial charge on any atom is 0.303 e. The molecule has 0 saturated heterocycles. The van der Waals surface area contributed by atoms with Crippen LogP contribution in [0.1, 0.15) is 43.0 Å². The highest BCUT2D eigenvalue weighted by Crippen LogP contribution is 2.35. The summed E-state index contributed by atoms with van der Waals surface area (Å²) < 4.78 is 1.86. The molecule has 0 unspecified atom stereocenters. The highest BCUT2D eigenvalue weighted by molar-refractivity contribution is 5.67. The molecule has 94 valence electrons. The Labute approximate surface area is 104 Å². The predicted molar refractivity (Wildman–Crippen MR) is 65.5 cm³/mol. The molecule has 0 amide bonds. The van der Waals surface area contributed by atoms with Crippen LogP contribution in [0.3, 0.4) is 0 Å². The molecule has 5 heteroatoms. The summed E-state index contributed by atoms with van der Waals surface area (Å²) >= 11 is 0. The molecule has 0 radical (unpaired) electrons. The van der Waals surface area contributed by atoms with Crippen LogP contribution in [0.25, 0.3) is 5.65 Å². The van der Waals surface area contributed by atoms with Crippen molar-refractivity contribution >= 4 is 11.6 Å². The van der Waals surface area contributed by atoms with E-state index in [1.165, 1.54) is 19.3 Å². The molecule has 1 aliphatic carbocycles. The highest BCUT2D eigenvalue weighted by Gasteiger charge is 2.21. The number of hydrogen-bond donors (Lipinski definition) is 1. The second-order valence-electron chi connectivity index (χ2n) is 4.83. The topological polar surface area (TPSA) is 67.5 Å². The van der Waals surface area contributed by atoms with Gasteiger partial charge in [-0.3, -0.25) is 9.20 Å². The van der Waals surface area contributed by atoms with Gasteiger partial charge in [0.15, 0.2) is 0 Å². The third kappa shape index (κ3) is 2.08. The van der Waals surface area contributed by atoms with E-state index in [4.69, 9.17) is 5.11 Å². The van der Waals surface area contributed by atoms with Crippen LogP contribution in [0.15, 0.2) is 18.6 Å². The molecule has 1 N–H and O–H groups in total. The first-order chi connectivity index (χ1) is 8.72.